The maximum absolute atomic E-state index is 13.6. The number of imidazole rings is 1. The Bertz CT molecular complexity index is 1330. The summed E-state index contributed by atoms with van der Waals surface area (Å²) in [6, 6.07) is 9.59. The number of nitrogen functional groups attached to an aromatic ring is 2. The van der Waals surface area contributed by atoms with Crippen LogP contribution in [-0.4, -0.2) is 33.6 Å². The number of pyridine rings is 1. The second-order valence-electron chi connectivity index (χ2n) is 7.84. The minimum absolute atomic E-state index is 0.113. The summed E-state index contributed by atoms with van der Waals surface area (Å²) in [7, 11) is 0. The lowest BCUT2D eigenvalue weighted by Crippen LogP contribution is -2.25. The molecular weight excluding hydrogens is 442 g/mol. The number of nitrogens with one attached hydrogen (secondary N) is 1. The van der Waals surface area contributed by atoms with E-state index in [0.717, 1.165) is 34.4 Å². The highest BCUT2D eigenvalue weighted by Gasteiger charge is 2.17. The second-order valence-corrected chi connectivity index (χ2v) is 7.84. The summed E-state index contributed by atoms with van der Waals surface area (Å²) in [5, 5.41) is 3.63. The zero-order valence-corrected chi connectivity index (χ0v) is 18.8. The maximum Gasteiger partial charge on any atom is 0.251 e. The van der Waals surface area contributed by atoms with E-state index in [9.17, 15) is 13.6 Å². The molecule has 0 spiro atoms. The topological polar surface area (TPSA) is 121 Å². The first-order valence-corrected chi connectivity index (χ1v) is 11.0. The Balaban J connectivity index is 1.48. The number of rotatable bonds is 9. The lowest BCUT2D eigenvalue weighted by Gasteiger charge is -2.11. The standard InChI is InChI=1S/C24H26F2N6O2/c1-2-34-13-19-31-21-22(15-7-3-4-8-18(15)30-23(21)28)32(19)10-6-5-9-29-24(33)14-11-16(25)20(27)17(26)12-14/h3-4,7-8,11-12H,2,5-6,9-10,13,27H2,1H3,(H2,28,30)(H,29,33). The number of hydrogen-bond acceptors (Lipinski definition) is 6. The van der Waals surface area contributed by atoms with Crippen LogP contribution in [0.1, 0.15) is 35.9 Å². The summed E-state index contributed by atoms with van der Waals surface area (Å²) >= 11 is 0. The summed E-state index contributed by atoms with van der Waals surface area (Å²) in [6.45, 7) is 3.76. The molecule has 5 N–H and O–H groups in total. The molecule has 1 amide bonds. The van der Waals surface area contributed by atoms with Gasteiger partial charge < -0.3 is 26.1 Å². The monoisotopic (exact) mass is 468 g/mol. The van der Waals surface area contributed by atoms with Gasteiger partial charge >= 0.3 is 0 Å². The highest BCUT2D eigenvalue weighted by Crippen LogP contribution is 2.29. The van der Waals surface area contributed by atoms with Crippen molar-refractivity contribution in [3.63, 3.8) is 0 Å². The third-order valence-electron chi connectivity index (χ3n) is 5.56. The molecule has 2 heterocycles. The van der Waals surface area contributed by atoms with E-state index in [1.165, 1.54) is 0 Å². The molecule has 0 atom stereocenters. The van der Waals surface area contributed by atoms with Gasteiger partial charge in [0.25, 0.3) is 5.91 Å². The van der Waals surface area contributed by atoms with Crippen LogP contribution in [0.4, 0.5) is 20.3 Å². The van der Waals surface area contributed by atoms with Crippen LogP contribution in [0.2, 0.25) is 0 Å². The minimum atomic E-state index is -0.958. The fourth-order valence-corrected chi connectivity index (χ4v) is 3.86. The third-order valence-corrected chi connectivity index (χ3v) is 5.56. The van der Waals surface area contributed by atoms with Gasteiger partial charge in [-0.25, -0.2) is 18.7 Å². The molecule has 0 radical (unpaired) electrons. The van der Waals surface area contributed by atoms with Gasteiger partial charge in [0, 0.05) is 30.6 Å². The number of nitrogens with zero attached hydrogens (tertiary/aromatic N) is 3. The number of anilines is 2. The van der Waals surface area contributed by atoms with Gasteiger partial charge in [-0.2, -0.15) is 0 Å². The second kappa shape index (κ2) is 10.0. The van der Waals surface area contributed by atoms with Crippen LogP contribution in [0, 0.1) is 11.6 Å². The van der Waals surface area contributed by atoms with Gasteiger partial charge in [-0.05, 0) is 38.0 Å². The lowest BCUT2D eigenvalue weighted by molar-refractivity contribution is 0.0952. The average molecular weight is 469 g/mol. The third kappa shape index (κ3) is 4.62. The van der Waals surface area contributed by atoms with Crippen LogP contribution in [0.5, 0.6) is 0 Å². The van der Waals surface area contributed by atoms with Gasteiger partial charge in [0.2, 0.25) is 0 Å². The van der Waals surface area contributed by atoms with Gasteiger partial charge in [0.1, 0.15) is 35.3 Å². The number of carbonyl (C=O) groups excluding carboxylic acids is 1. The SMILES string of the molecule is CCOCc1nc2c(N)nc3ccccc3c2n1CCCCNC(=O)c1cc(F)c(N)c(F)c1. The average Bonchev–Trinajstić information content (AvgIpc) is 3.19. The van der Waals surface area contributed by atoms with Gasteiger partial charge in [-0.3, -0.25) is 4.79 Å². The number of aromatic nitrogens is 3. The number of halogens is 2. The number of unbranched alkanes of at least 4 members (excludes halogenated alkanes) is 1. The number of benzene rings is 2. The van der Waals surface area contributed by atoms with Crippen LogP contribution < -0.4 is 16.8 Å². The van der Waals surface area contributed by atoms with E-state index < -0.39 is 23.2 Å². The quantitative estimate of drug-likeness (QED) is 0.254. The van der Waals surface area contributed by atoms with Gasteiger partial charge in [-0.15, -0.1) is 0 Å². The number of hydrogen-bond donors (Lipinski definition) is 3. The number of aryl methyl sites for hydroxylation is 1. The van der Waals surface area contributed by atoms with Crippen molar-refractivity contribution < 1.29 is 18.3 Å². The molecular formula is C24H26F2N6O2. The van der Waals surface area contributed by atoms with E-state index in [1.807, 2.05) is 31.2 Å². The molecule has 0 saturated heterocycles. The van der Waals surface area contributed by atoms with E-state index >= 15 is 0 Å². The smallest absolute Gasteiger partial charge is 0.251 e. The van der Waals surface area contributed by atoms with E-state index in [1.54, 1.807) is 0 Å². The lowest BCUT2D eigenvalue weighted by atomic mass is 10.1. The minimum Gasteiger partial charge on any atom is -0.394 e. The molecule has 4 rings (SSSR count). The van der Waals surface area contributed by atoms with Crippen molar-refractivity contribution in [2.24, 2.45) is 0 Å². The van der Waals surface area contributed by atoms with E-state index in [0.29, 0.717) is 50.5 Å². The zero-order chi connectivity index (χ0) is 24.2. The molecule has 0 aliphatic carbocycles. The molecule has 0 bridgehead atoms. The molecule has 2 aromatic carbocycles. The molecule has 0 aliphatic rings. The predicted molar refractivity (Wildman–Crippen MR) is 127 cm³/mol. The van der Waals surface area contributed by atoms with Crippen molar-refractivity contribution in [2.45, 2.75) is 32.9 Å². The molecule has 4 aromatic rings. The van der Waals surface area contributed by atoms with Crippen molar-refractivity contribution in [3.05, 3.63) is 59.4 Å². The van der Waals surface area contributed by atoms with E-state index in [-0.39, 0.29) is 5.56 Å². The van der Waals surface area contributed by atoms with Crippen LogP contribution >= 0.6 is 0 Å². The van der Waals surface area contributed by atoms with Crippen LogP contribution in [-0.2, 0) is 17.9 Å². The summed E-state index contributed by atoms with van der Waals surface area (Å²) in [5.41, 5.74) is 13.0. The molecule has 0 saturated carbocycles. The fourth-order valence-electron chi connectivity index (χ4n) is 3.86. The Hall–Kier alpha value is -3.79. The number of carbonyl (C=O) groups is 1. The molecule has 8 nitrogen and oxygen atoms in total. The molecule has 178 valence electrons. The number of amides is 1. The first-order valence-electron chi connectivity index (χ1n) is 11.0. The first kappa shape index (κ1) is 23.4. The van der Waals surface area contributed by atoms with Gasteiger partial charge in [-0.1, -0.05) is 18.2 Å². The molecule has 0 fully saturated rings. The highest BCUT2D eigenvalue weighted by molar-refractivity contribution is 6.06. The fraction of sp³-hybridized carbons (Fsp3) is 0.292. The Kier molecular flexibility index (Phi) is 6.87. The highest BCUT2D eigenvalue weighted by atomic mass is 19.1. The Morgan fingerprint density at radius 3 is 2.59 bits per heavy atom. The first-order chi connectivity index (χ1) is 16.4. The van der Waals surface area contributed by atoms with Crippen molar-refractivity contribution >= 4 is 39.3 Å². The van der Waals surface area contributed by atoms with E-state index in [2.05, 4.69) is 19.9 Å². The predicted octanol–water partition coefficient (Wildman–Crippen LogP) is 3.77. The number of ether oxygens (including phenoxy) is 1. The molecule has 34 heavy (non-hydrogen) atoms. The summed E-state index contributed by atoms with van der Waals surface area (Å²) in [4.78, 5) is 21.4. The Labute approximate surface area is 194 Å². The normalized spacial score (nSPS) is 11.4. The molecule has 2 aromatic heterocycles. The maximum atomic E-state index is 13.6. The molecule has 0 aliphatic heterocycles. The summed E-state index contributed by atoms with van der Waals surface area (Å²) in [5.74, 6) is -1.37. The molecule has 10 heteroatoms. The summed E-state index contributed by atoms with van der Waals surface area (Å²) < 4.78 is 34.9. The Morgan fingerprint density at radius 1 is 1.12 bits per heavy atom. The van der Waals surface area contributed by atoms with Crippen molar-refractivity contribution in [2.75, 3.05) is 24.6 Å². The number of fused-ring (bicyclic) bond motifs is 3. The van der Waals surface area contributed by atoms with Crippen LogP contribution in [0.25, 0.3) is 21.9 Å². The largest absolute Gasteiger partial charge is 0.394 e. The van der Waals surface area contributed by atoms with Gasteiger partial charge in [0.05, 0.1) is 11.0 Å². The molecule has 0 unspecified atom stereocenters. The van der Waals surface area contributed by atoms with Crippen LogP contribution in [0.15, 0.2) is 36.4 Å². The zero-order valence-electron chi connectivity index (χ0n) is 18.8. The van der Waals surface area contributed by atoms with Gasteiger partial charge in [0.15, 0.2) is 5.82 Å². The Morgan fingerprint density at radius 2 is 1.85 bits per heavy atom. The van der Waals surface area contributed by atoms with Crippen molar-refractivity contribution in [1.82, 2.24) is 19.9 Å². The number of para-hydroxylation sites is 1. The number of nitrogens with two attached hydrogens (primary N) is 2. The van der Waals surface area contributed by atoms with Crippen molar-refractivity contribution in [3.8, 4) is 0 Å². The van der Waals surface area contributed by atoms with Crippen molar-refractivity contribution in [1.29, 1.82) is 0 Å². The van der Waals surface area contributed by atoms with Crippen LogP contribution in [0.3, 0.4) is 0 Å². The summed E-state index contributed by atoms with van der Waals surface area (Å²) in [6.07, 6.45) is 1.35. The van der Waals surface area contributed by atoms with E-state index in [4.69, 9.17) is 16.2 Å².